The molecule has 1 aliphatic rings. The Bertz CT molecular complexity index is 461. The molecule has 0 spiro atoms. The largest absolute Gasteiger partial charge is 0.353 e. The molecule has 0 saturated heterocycles. The fraction of sp³-hybridized carbons (Fsp3) is 0.600. The van der Waals surface area contributed by atoms with E-state index in [1.165, 1.54) is 17.8 Å². The van der Waals surface area contributed by atoms with E-state index in [2.05, 4.69) is 10.6 Å². The van der Waals surface area contributed by atoms with Gasteiger partial charge < -0.3 is 16.4 Å². The number of amides is 2. The van der Waals surface area contributed by atoms with Crippen molar-refractivity contribution in [2.45, 2.75) is 38.1 Å². The highest BCUT2D eigenvalue weighted by Crippen LogP contribution is 2.23. The predicted octanol–water partition coefficient (Wildman–Crippen LogP) is 1.50. The van der Waals surface area contributed by atoms with Crippen LogP contribution in [0.3, 0.4) is 0 Å². The predicted molar refractivity (Wildman–Crippen MR) is 84.2 cm³/mol. The highest BCUT2D eigenvalue weighted by molar-refractivity contribution is 7.12. The standard InChI is InChI=1S/C15H23N3O2S/c16-10-11-4-1-2-5-12(11)18-14(19)7-8-17-15(20)13-6-3-9-21-13/h3,6,9,11-12H,1-2,4-5,7-8,10,16H2,(H,17,20)(H,18,19). The van der Waals surface area contributed by atoms with E-state index in [1.54, 1.807) is 6.07 Å². The summed E-state index contributed by atoms with van der Waals surface area (Å²) in [7, 11) is 0. The van der Waals surface area contributed by atoms with Crippen LogP contribution >= 0.6 is 11.3 Å². The molecule has 1 aromatic rings. The molecule has 0 radical (unpaired) electrons. The lowest BCUT2D eigenvalue weighted by Crippen LogP contribution is -2.45. The minimum atomic E-state index is -0.115. The van der Waals surface area contributed by atoms with Crippen LogP contribution in [0.5, 0.6) is 0 Å². The number of hydrogen-bond donors (Lipinski definition) is 3. The Balaban J connectivity index is 1.68. The highest BCUT2D eigenvalue weighted by Gasteiger charge is 2.25. The van der Waals surface area contributed by atoms with E-state index in [0.29, 0.717) is 30.3 Å². The van der Waals surface area contributed by atoms with Crippen molar-refractivity contribution >= 4 is 23.2 Å². The van der Waals surface area contributed by atoms with E-state index in [9.17, 15) is 9.59 Å². The first-order valence-electron chi connectivity index (χ1n) is 7.52. The van der Waals surface area contributed by atoms with Gasteiger partial charge in [0.25, 0.3) is 5.91 Å². The van der Waals surface area contributed by atoms with Gasteiger partial charge in [0.1, 0.15) is 0 Å². The molecular formula is C15H23N3O2S. The second-order valence-corrected chi connectivity index (χ2v) is 6.39. The molecule has 2 amide bonds. The minimum absolute atomic E-state index is 0.00757. The fourth-order valence-corrected chi connectivity index (χ4v) is 3.38. The summed E-state index contributed by atoms with van der Waals surface area (Å²) in [6.07, 6.45) is 4.76. The second-order valence-electron chi connectivity index (χ2n) is 5.44. The van der Waals surface area contributed by atoms with Crippen LogP contribution in [0.4, 0.5) is 0 Å². The van der Waals surface area contributed by atoms with Gasteiger partial charge >= 0.3 is 0 Å². The van der Waals surface area contributed by atoms with Gasteiger partial charge in [0, 0.05) is 19.0 Å². The normalized spacial score (nSPS) is 21.8. The zero-order valence-electron chi connectivity index (χ0n) is 12.1. The maximum absolute atomic E-state index is 11.9. The van der Waals surface area contributed by atoms with Crippen molar-refractivity contribution in [2.24, 2.45) is 11.7 Å². The molecule has 2 atom stereocenters. The molecule has 2 rings (SSSR count). The third-order valence-electron chi connectivity index (χ3n) is 3.94. The molecular weight excluding hydrogens is 286 g/mol. The van der Waals surface area contributed by atoms with E-state index in [-0.39, 0.29) is 17.9 Å². The molecule has 0 bridgehead atoms. The first-order chi connectivity index (χ1) is 10.2. The zero-order valence-corrected chi connectivity index (χ0v) is 13.0. The number of carbonyl (C=O) groups is 2. The van der Waals surface area contributed by atoms with Gasteiger partial charge in [0.2, 0.25) is 5.91 Å². The maximum atomic E-state index is 11.9. The Morgan fingerprint density at radius 3 is 2.86 bits per heavy atom. The second kappa shape index (κ2) is 8.14. The molecule has 1 fully saturated rings. The molecule has 6 heteroatoms. The van der Waals surface area contributed by atoms with Crippen molar-refractivity contribution in [3.05, 3.63) is 22.4 Å². The van der Waals surface area contributed by atoms with Gasteiger partial charge in [-0.3, -0.25) is 9.59 Å². The molecule has 1 aromatic heterocycles. The molecule has 0 aliphatic heterocycles. The van der Waals surface area contributed by atoms with Gasteiger partial charge in [0.15, 0.2) is 0 Å². The molecule has 0 aromatic carbocycles. The average Bonchev–Trinajstić information content (AvgIpc) is 3.02. The molecule has 116 valence electrons. The summed E-state index contributed by atoms with van der Waals surface area (Å²) in [5, 5.41) is 7.68. The minimum Gasteiger partial charge on any atom is -0.353 e. The van der Waals surface area contributed by atoms with Gasteiger partial charge in [0.05, 0.1) is 4.88 Å². The number of nitrogens with two attached hydrogens (primary N) is 1. The number of nitrogens with one attached hydrogen (secondary N) is 2. The maximum Gasteiger partial charge on any atom is 0.261 e. The SMILES string of the molecule is NCC1CCCCC1NC(=O)CCNC(=O)c1cccs1. The molecule has 2 unspecified atom stereocenters. The fourth-order valence-electron chi connectivity index (χ4n) is 2.74. The van der Waals surface area contributed by atoms with Gasteiger partial charge in [-0.15, -0.1) is 11.3 Å². The van der Waals surface area contributed by atoms with Crippen molar-refractivity contribution in [3.63, 3.8) is 0 Å². The number of rotatable bonds is 6. The summed E-state index contributed by atoms with van der Waals surface area (Å²) >= 11 is 1.40. The van der Waals surface area contributed by atoms with Crippen LogP contribution in [0.25, 0.3) is 0 Å². The lowest BCUT2D eigenvalue weighted by atomic mass is 9.84. The van der Waals surface area contributed by atoms with Crippen molar-refractivity contribution in [1.82, 2.24) is 10.6 Å². The topological polar surface area (TPSA) is 84.2 Å². The van der Waals surface area contributed by atoms with Crippen LogP contribution < -0.4 is 16.4 Å². The smallest absolute Gasteiger partial charge is 0.261 e. The summed E-state index contributed by atoms with van der Waals surface area (Å²) in [5.41, 5.74) is 5.76. The Hall–Kier alpha value is -1.40. The third kappa shape index (κ3) is 4.82. The number of carbonyl (C=O) groups excluding carboxylic acids is 2. The van der Waals surface area contributed by atoms with Crippen molar-refractivity contribution in [3.8, 4) is 0 Å². The summed E-state index contributed by atoms with van der Waals surface area (Å²) in [4.78, 5) is 24.3. The lowest BCUT2D eigenvalue weighted by Gasteiger charge is -2.31. The third-order valence-corrected chi connectivity index (χ3v) is 4.81. The molecule has 1 heterocycles. The summed E-state index contributed by atoms with van der Waals surface area (Å²) in [6.45, 7) is 0.989. The van der Waals surface area contributed by atoms with Gasteiger partial charge in [-0.1, -0.05) is 18.9 Å². The molecule has 4 N–H and O–H groups in total. The Morgan fingerprint density at radius 1 is 1.33 bits per heavy atom. The monoisotopic (exact) mass is 309 g/mol. The van der Waals surface area contributed by atoms with Crippen LogP contribution in [0.15, 0.2) is 17.5 Å². The summed E-state index contributed by atoms with van der Waals surface area (Å²) in [5.74, 6) is 0.269. The lowest BCUT2D eigenvalue weighted by molar-refractivity contribution is -0.122. The van der Waals surface area contributed by atoms with Crippen molar-refractivity contribution in [1.29, 1.82) is 0 Å². The van der Waals surface area contributed by atoms with E-state index in [1.807, 2.05) is 11.4 Å². The number of thiophene rings is 1. The summed E-state index contributed by atoms with van der Waals surface area (Å²) < 4.78 is 0. The Kier molecular flexibility index (Phi) is 6.20. The summed E-state index contributed by atoms with van der Waals surface area (Å²) in [6, 6.07) is 3.81. The average molecular weight is 309 g/mol. The van der Waals surface area contributed by atoms with Crippen molar-refractivity contribution < 1.29 is 9.59 Å². The van der Waals surface area contributed by atoms with Crippen LogP contribution in [-0.4, -0.2) is 30.9 Å². The van der Waals surface area contributed by atoms with Gasteiger partial charge in [-0.2, -0.15) is 0 Å². The first-order valence-corrected chi connectivity index (χ1v) is 8.40. The molecule has 1 saturated carbocycles. The molecule has 5 nitrogen and oxygen atoms in total. The van der Waals surface area contributed by atoms with E-state index in [0.717, 1.165) is 19.3 Å². The molecule has 1 aliphatic carbocycles. The van der Waals surface area contributed by atoms with Crippen LogP contribution in [-0.2, 0) is 4.79 Å². The van der Waals surface area contributed by atoms with Crippen LogP contribution in [0.2, 0.25) is 0 Å². The number of hydrogen-bond acceptors (Lipinski definition) is 4. The quantitative estimate of drug-likeness (QED) is 0.744. The highest BCUT2D eigenvalue weighted by atomic mass is 32.1. The zero-order chi connectivity index (χ0) is 15.1. The Labute approximate surface area is 129 Å². The van der Waals surface area contributed by atoms with E-state index >= 15 is 0 Å². The van der Waals surface area contributed by atoms with Crippen molar-refractivity contribution in [2.75, 3.05) is 13.1 Å². The van der Waals surface area contributed by atoms with Crippen LogP contribution in [0, 0.1) is 5.92 Å². The Morgan fingerprint density at radius 2 is 2.14 bits per heavy atom. The first kappa shape index (κ1) is 16.0. The molecule has 21 heavy (non-hydrogen) atoms. The van der Waals surface area contributed by atoms with E-state index in [4.69, 9.17) is 5.73 Å². The van der Waals surface area contributed by atoms with Gasteiger partial charge in [-0.05, 0) is 36.8 Å². The van der Waals surface area contributed by atoms with Gasteiger partial charge in [-0.25, -0.2) is 0 Å². The van der Waals surface area contributed by atoms with Crippen LogP contribution in [0.1, 0.15) is 41.8 Å². The van der Waals surface area contributed by atoms with E-state index < -0.39 is 0 Å².